The summed E-state index contributed by atoms with van der Waals surface area (Å²) in [6.07, 6.45) is 3.89. The van der Waals surface area contributed by atoms with Gasteiger partial charge >= 0.3 is 5.69 Å². The second-order valence-electron chi connectivity index (χ2n) is 4.42. The van der Waals surface area contributed by atoms with E-state index in [1.165, 1.54) is 6.07 Å². The molecule has 1 aromatic carbocycles. The monoisotopic (exact) mass is 283 g/mol. The van der Waals surface area contributed by atoms with Crippen LogP contribution in [0.1, 0.15) is 32.1 Å². The molecule has 0 radical (unpaired) electrons. The van der Waals surface area contributed by atoms with Crippen LogP contribution in [0.15, 0.2) is 18.2 Å². The fraction of sp³-hybridized carbons (Fsp3) is 0.462. The van der Waals surface area contributed by atoms with E-state index in [-0.39, 0.29) is 11.6 Å². The highest BCUT2D eigenvalue weighted by atomic mass is 19.1. The van der Waals surface area contributed by atoms with E-state index in [0.717, 1.165) is 37.8 Å². The van der Waals surface area contributed by atoms with Crippen molar-refractivity contribution >= 4 is 17.3 Å². The first-order valence-electron chi connectivity index (χ1n) is 6.48. The molecule has 0 saturated heterocycles. The minimum Gasteiger partial charge on any atom is -0.330 e. The van der Waals surface area contributed by atoms with Crippen molar-refractivity contribution in [3.05, 3.63) is 34.1 Å². The van der Waals surface area contributed by atoms with Gasteiger partial charge in [-0.15, -0.1) is 0 Å². The van der Waals surface area contributed by atoms with Crippen LogP contribution < -0.4 is 11.1 Å². The van der Waals surface area contributed by atoms with Crippen molar-refractivity contribution in [2.75, 3.05) is 11.9 Å². The fourth-order valence-corrected chi connectivity index (χ4v) is 1.74. The van der Waals surface area contributed by atoms with Gasteiger partial charge in [-0.25, -0.2) is 0 Å². The molecule has 0 saturated carbocycles. The van der Waals surface area contributed by atoms with Gasteiger partial charge in [0.1, 0.15) is 0 Å². The van der Waals surface area contributed by atoms with Gasteiger partial charge in [-0.05, 0) is 31.5 Å². The minimum absolute atomic E-state index is 0.227. The van der Waals surface area contributed by atoms with E-state index in [9.17, 15) is 19.3 Å². The van der Waals surface area contributed by atoms with Crippen LogP contribution >= 0.6 is 0 Å². The molecular weight excluding hydrogens is 265 g/mol. The first-order valence-corrected chi connectivity index (χ1v) is 6.48. The predicted molar refractivity (Wildman–Crippen MR) is 73.8 cm³/mol. The van der Waals surface area contributed by atoms with Crippen LogP contribution in [0.3, 0.4) is 0 Å². The largest absolute Gasteiger partial charge is 0.330 e. The molecule has 0 unspecified atom stereocenters. The molecule has 0 atom stereocenters. The molecule has 0 aliphatic rings. The Morgan fingerprint density at radius 3 is 2.65 bits per heavy atom. The third-order valence-corrected chi connectivity index (χ3v) is 2.78. The third kappa shape index (κ3) is 5.31. The number of hydrogen-bond donors (Lipinski definition) is 2. The molecule has 0 aliphatic heterocycles. The fourth-order valence-electron chi connectivity index (χ4n) is 1.74. The Bertz CT molecular complexity index is 480. The number of rotatable bonds is 8. The molecule has 1 amide bonds. The second kappa shape index (κ2) is 8.21. The van der Waals surface area contributed by atoms with E-state index >= 15 is 0 Å². The van der Waals surface area contributed by atoms with Crippen molar-refractivity contribution in [1.29, 1.82) is 0 Å². The Morgan fingerprint density at radius 2 is 2.00 bits per heavy atom. The number of carbonyl (C=O) groups is 1. The number of nitrogens with zero attached hydrogens (tertiary/aromatic N) is 1. The molecule has 1 rings (SSSR count). The van der Waals surface area contributed by atoms with Gasteiger partial charge in [-0.1, -0.05) is 12.8 Å². The zero-order valence-electron chi connectivity index (χ0n) is 11.1. The number of nitrogens with one attached hydrogen (secondary N) is 1. The smallest absolute Gasteiger partial charge is 0.306 e. The maximum atomic E-state index is 13.1. The van der Waals surface area contributed by atoms with Gasteiger partial charge in [0, 0.05) is 18.2 Å². The molecule has 0 aliphatic carbocycles. The van der Waals surface area contributed by atoms with E-state index in [1.54, 1.807) is 0 Å². The van der Waals surface area contributed by atoms with Crippen molar-refractivity contribution in [1.82, 2.24) is 0 Å². The minimum atomic E-state index is -0.921. The molecule has 0 bridgehead atoms. The zero-order valence-corrected chi connectivity index (χ0v) is 11.1. The third-order valence-electron chi connectivity index (χ3n) is 2.78. The highest BCUT2D eigenvalue weighted by molar-refractivity contribution is 5.90. The van der Waals surface area contributed by atoms with Crippen LogP contribution in [0.5, 0.6) is 0 Å². The van der Waals surface area contributed by atoms with Crippen LogP contribution in [-0.2, 0) is 4.79 Å². The van der Waals surface area contributed by atoms with Crippen LogP contribution in [0.2, 0.25) is 0 Å². The van der Waals surface area contributed by atoms with Gasteiger partial charge in [0.05, 0.1) is 4.92 Å². The van der Waals surface area contributed by atoms with Gasteiger partial charge in [0.25, 0.3) is 0 Å². The summed E-state index contributed by atoms with van der Waals surface area (Å²) in [7, 11) is 0. The number of nitrogens with two attached hydrogens (primary N) is 1. The lowest BCUT2D eigenvalue weighted by molar-refractivity contribution is -0.387. The summed E-state index contributed by atoms with van der Waals surface area (Å²) in [5, 5.41) is 13.1. The van der Waals surface area contributed by atoms with Crippen molar-refractivity contribution in [2.24, 2.45) is 5.73 Å². The standard InChI is InChI=1S/C13H18FN3O3/c14-11-7-6-10(9-12(11)17(19)20)16-13(18)5-3-1-2-4-8-15/h6-7,9H,1-5,8,15H2,(H,16,18). The lowest BCUT2D eigenvalue weighted by atomic mass is 10.1. The van der Waals surface area contributed by atoms with Crippen molar-refractivity contribution in [2.45, 2.75) is 32.1 Å². The molecule has 1 aromatic rings. The van der Waals surface area contributed by atoms with E-state index in [4.69, 9.17) is 5.73 Å². The van der Waals surface area contributed by atoms with Crippen LogP contribution in [-0.4, -0.2) is 17.4 Å². The van der Waals surface area contributed by atoms with Gasteiger partial charge in [-0.3, -0.25) is 14.9 Å². The summed E-state index contributed by atoms with van der Waals surface area (Å²) in [6, 6.07) is 3.28. The van der Waals surface area contributed by atoms with Crippen LogP contribution in [0.4, 0.5) is 15.8 Å². The SMILES string of the molecule is NCCCCCCC(=O)Nc1ccc(F)c([N+](=O)[O-])c1. The van der Waals surface area contributed by atoms with Crippen molar-refractivity contribution in [3.63, 3.8) is 0 Å². The maximum absolute atomic E-state index is 13.1. The van der Waals surface area contributed by atoms with E-state index in [2.05, 4.69) is 5.32 Å². The van der Waals surface area contributed by atoms with Gasteiger partial charge < -0.3 is 11.1 Å². The number of unbranched alkanes of at least 4 members (excludes halogenated alkanes) is 3. The molecule has 0 aromatic heterocycles. The number of benzene rings is 1. The Balaban J connectivity index is 2.46. The van der Waals surface area contributed by atoms with Gasteiger partial charge in [-0.2, -0.15) is 4.39 Å². The molecule has 3 N–H and O–H groups in total. The summed E-state index contributed by atoms with van der Waals surface area (Å²) >= 11 is 0. The van der Waals surface area contributed by atoms with Crippen molar-refractivity contribution in [3.8, 4) is 0 Å². The van der Waals surface area contributed by atoms with E-state index in [1.807, 2.05) is 0 Å². The van der Waals surface area contributed by atoms with Crippen LogP contribution in [0.25, 0.3) is 0 Å². The zero-order chi connectivity index (χ0) is 15.0. The number of halogens is 1. The topological polar surface area (TPSA) is 98.3 Å². The molecule has 0 fully saturated rings. The van der Waals surface area contributed by atoms with Gasteiger partial charge in [0.15, 0.2) is 0 Å². The quantitative estimate of drug-likeness (QED) is 0.435. The molecular formula is C13H18FN3O3. The summed E-state index contributed by atoms with van der Waals surface area (Å²) in [4.78, 5) is 21.4. The molecule has 110 valence electrons. The lowest BCUT2D eigenvalue weighted by Gasteiger charge is -2.05. The number of nitro groups is 1. The number of carbonyl (C=O) groups excluding carboxylic acids is 1. The number of nitro benzene ring substituents is 1. The van der Waals surface area contributed by atoms with Crippen LogP contribution in [0, 0.1) is 15.9 Å². The predicted octanol–water partition coefficient (Wildman–Crippen LogP) is 2.58. The highest BCUT2D eigenvalue weighted by Crippen LogP contribution is 2.21. The molecule has 6 nitrogen and oxygen atoms in total. The molecule has 0 heterocycles. The first-order chi connectivity index (χ1) is 9.54. The first kappa shape index (κ1) is 16.0. The summed E-state index contributed by atoms with van der Waals surface area (Å²) in [5.74, 6) is -1.16. The Hall–Kier alpha value is -2.02. The Labute approximate surface area is 116 Å². The number of amides is 1. The van der Waals surface area contributed by atoms with E-state index < -0.39 is 16.4 Å². The second-order valence-corrected chi connectivity index (χ2v) is 4.42. The van der Waals surface area contributed by atoms with E-state index in [0.29, 0.717) is 13.0 Å². The summed E-state index contributed by atoms with van der Waals surface area (Å²) in [6.45, 7) is 0.644. The highest BCUT2D eigenvalue weighted by Gasteiger charge is 2.15. The van der Waals surface area contributed by atoms with Crippen molar-refractivity contribution < 1.29 is 14.1 Å². The summed E-state index contributed by atoms with van der Waals surface area (Å²) in [5.41, 5.74) is 4.94. The lowest BCUT2D eigenvalue weighted by Crippen LogP contribution is -2.11. The van der Waals surface area contributed by atoms with Gasteiger partial charge in [0.2, 0.25) is 11.7 Å². The normalized spacial score (nSPS) is 10.3. The number of anilines is 1. The number of hydrogen-bond acceptors (Lipinski definition) is 4. The molecule has 7 heteroatoms. The average Bonchev–Trinajstić information content (AvgIpc) is 2.40. The maximum Gasteiger partial charge on any atom is 0.306 e. The summed E-state index contributed by atoms with van der Waals surface area (Å²) < 4.78 is 13.1. The Morgan fingerprint density at radius 1 is 1.30 bits per heavy atom. The molecule has 0 spiro atoms. The molecule has 20 heavy (non-hydrogen) atoms. The average molecular weight is 283 g/mol. The Kier molecular flexibility index (Phi) is 6.58.